The van der Waals surface area contributed by atoms with E-state index < -0.39 is 24.9 Å². The van der Waals surface area contributed by atoms with Gasteiger partial charge in [0.1, 0.15) is 0 Å². The number of nitrogens with one attached hydrogen (secondary N) is 1. The van der Waals surface area contributed by atoms with E-state index in [9.17, 15) is 18.0 Å². The Balaban J connectivity index is 1.92. The molecule has 0 aromatic heterocycles. The van der Waals surface area contributed by atoms with Crippen LogP contribution in [0.5, 0.6) is 17.2 Å². The summed E-state index contributed by atoms with van der Waals surface area (Å²) in [5.41, 5.74) is 2.69. The maximum absolute atomic E-state index is 13.4. The lowest BCUT2D eigenvalue weighted by atomic mass is 10.2. The number of hydrogen-bond acceptors (Lipinski definition) is 5. The number of halogens is 3. The average Bonchev–Trinajstić information content (AvgIpc) is 2.63. The third kappa shape index (κ3) is 6.53. The summed E-state index contributed by atoms with van der Waals surface area (Å²) in [6.07, 6.45) is 1.29. The number of benzene rings is 2. The third-order valence-electron chi connectivity index (χ3n) is 3.08. The van der Waals surface area contributed by atoms with Crippen LogP contribution < -0.4 is 19.6 Å². The van der Waals surface area contributed by atoms with Gasteiger partial charge in [0.15, 0.2) is 29.7 Å². The summed E-state index contributed by atoms with van der Waals surface area (Å²) in [6, 6.07) is 9.89. The highest BCUT2D eigenvalue weighted by Crippen LogP contribution is 2.29. The molecular formula is C18H17F3N2O4. The van der Waals surface area contributed by atoms with Crippen LogP contribution in [0.4, 0.5) is 13.2 Å². The number of carbonyl (C=O) groups excluding carboxylic acids is 1. The fourth-order valence-corrected chi connectivity index (χ4v) is 1.98. The summed E-state index contributed by atoms with van der Waals surface area (Å²) in [4.78, 5) is 11.7. The van der Waals surface area contributed by atoms with Crippen LogP contribution in [0.1, 0.15) is 12.5 Å². The van der Waals surface area contributed by atoms with E-state index in [1.165, 1.54) is 42.6 Å². The van der Waals surface area contributed by atoms with Gasteiger partial charge in [-0.2, -0.15) is 13.9 Å². The third-order valence-corrected chi connectivity index (χ3v) is 3.08. The monoisotopic (exact) mass is 382 g/mol. The van der Waals surface area contributed by atoms with Crippen molar-refractivity contribution >= 4 is 12.1 Å². The number of nitrogens with zero attached hydrogens (tertiary/aromatic N) is 1. The molecule has 27 heavy (non-hydrogen) atoms. The second kappa shape index (κ2) is 10.0. The Labute approximate surface area is 153 Å². The van der Waals surface area contributed by atoms with Crippen molar-refractivity contribution in [1.29, 1.82) is 0 Å². The molecule has 0 spiro atoms. The Bertz CT molecular complexity index is 800. The van der Waals surface area contributed by atoms with Crippen LogP contribution in [-0.2, 0) is 4.79 Å². The molecule has 0 bridgehead atoms. The first-order valence-electron chi connectivity index (χ1n) is 7.90. The van der Waals surface area contributed by atoms with Gasteiger partial charge < -0.3 is 14.2 Å². The van der Waals surface area contributed by atoms with Crippen molar-refractivity contribution in [2.75, 3.05) is 13.2 Å². The predicted molar refractivity (Wildman–Crippen MR) is 91.9 cm³/mol. The Morgan fingerprint density at radius 2 is 1.93 bits per heavy atom. The molecule has 0 fully saturated rings. The molecule has 9 heteroatoms. The topological polar surface area (TPSA) is 69.2 Å². The van der Waals surface area contributed by atoms with Gasteiger partial charge in [-0.15, -0.1) is 0 Å². The van der Waals surface area contributed by atoms with Gasteiger partial charge in [-0.05, 0) is 42.8 Å². The Kier molecular flexibility index (Phi) is 7.48. The van der Waals surface area contributed by atoms with E-state index in [1.807, 2.05) is 0 Å². The zero-order valence-corrected chi connectivity index (χ0v) is 14.3. The van der Waals surface area contributed by atoms with Crippen molar-refractivity contribution in [1.82, 2.24) is 5.43 Å². The minimum absolute atomic E-state index is 0.0485. The SMILES string of the molecule is CCOc1cc(/C=N\NC(=O)COc2ccccc2F)ccc1OC(F)F. The van der Waals surface area contributed by atoms with E-state index in [2.05, 4.69) is 15.3 Å². The summed E-state index contributed by atoms with van der Waals surface area (Å²) in [5.74, 6) is -1.21. The number of ether oxygens (including phenoxy) is 3. The number of hydrogen-bond donors (Lipinski definition) is 1. The average molecular weight is 382 g/mol. The lowest BCUT2D eigenvalue weighted by molar-refractivity contribution is -0.123. The van der Waals surface area contributed by atoms with E-state index in [0.29, 0.717) is 5.56 Å². The van der Waals surface area contributed by atoms with Gasteiger partial charge in [0.2, 0.25) is 0 Å². The van der Waals surface area contributed by atoms with Gasteiger partial charge in [0, 0.05) is 0 Å². The second-order valence-corrected chi connectivity index (χ2v) is 5.03. The molecule has 2 aromatic rings. The molecule has 1 amide bonds. The van der Waals surface area contributed by atoms with Crippen molar-refractivity contribution in [2.24, 2.45) is 5.10 Å². The molecule has 6 nitrogen and oxygen atoms in total. The molecule has 0 aliphatic heterocycles. The summed E-state index contributed by atoms with van der Waals surface area (Å²) in [5, 5.41) is 3.73. The van der Waals surface area contributed by atoms with Crippen LogP contribution in [0.3, 0.4) is 0 Å². The van der Waals surface area contributed by atoms with Gasteiger partial charge in [0.05, 0.1) is 12.8 Å². The first kappa shape index (κ1) is 20.1. The van der Waals surface area contributed by atoms with Crippen molar-refractivity contribution in [3.05, 3.63) is 53.8 Å². The minimum atomic E-state index is -2.97. The molecule has 0 unspecified atom stereocenters. The quantitative estimate of drug-likeness (QED) is 0.533. The molecule has 0 atom stereocenters. The van der Waals surface area contributed by atoms with Crippen molar-refractivity contribution in [3.8, 4) is 17.2 Å². The molecule has 1 N–H and O–H groups in total. The van der Waals surface area contributed by atoms with E-state index >= 15 is 0 Å². The molecule has 144 valence electrons. The van der Waals surface area contributed by atoms with Gasteiger partial charge in [-0.1, -0.05) is 12.1 Å². The number of alkyl halides is 2. The zero-order valence-electron chi connectivity index (χ0n) is 14.3. The van der Waals surface area contributed by atoms with E-state index in [1.54, 1.807) is 13.0 Å². The Morgan fingerprint density at radius 1 is 1.15 bits per heavy atom. The number of rotatable bonds is 9. The van der Waals surface area contributed by atoms with E-state index in [-0.39, 0.29) is 23.9 Å². The molecule has 0 aliphatic carbocycles. The first-order chi connectivity index (χ1) is 13.0. The molecule has 2 aromatic carbocycles. The fourth-order valence-electron chi connectivity index (χ4n) is 1.98. The summed E-state index contributed by atoms with van der Waals surface area (Å²) in [6.45, 7) is -1.45. The van der Waals surface area contributed by atoms with Crippen LogP contribution in [0, 0.1) is 5.82 Å². The van der Waals surface area contributed by atoms with Crippen LogP contribution in [0.15, 0.2) is 47.6 Å². The van der Waals surface area contributed by atoms with Crippen LogP contribution >= 0.6 is 0 Å². The zero-order chi connectivity index (χ0) is 19.6. The van der Waals surface area contributed by atoms with Crippen molar-refractivity contribution in [2.45, 2.75) is 13.5 Å². The van der Waals surface area contributed by atoms with Crippen LogP contribution in [0.25, 0.3) is 0 Å². The Hall–Kier alpha value is -3.23. The highest BCUT2D eigenvalue weighted by molar-refractivity contribution is 5.83. The maximum atomic E-state index is 13.4. The van der Waals surface area contributed by atoms with Crippen LogP contribution in [-0.4, -0.2) is 31.9 Å². The number of carbonyl (C=O) groups is 1. The summed E-state index contributed by atoms with van der Waals surface area (Å²) in [7, 11) is 0. The minimum Gasteiger partial charge on any atom is -0.490 e. The summed E-state index contributed by atoms with van der Waals surface area (Å²) < 4.78 is 52.7. The largest absolute Gasteiger partial charge is 0.490 e. The van der Waals surface area contributed by atoms with Crippen molar-refractivity contribution < 1.29 is 32.2 Å². The van der Waals surface area contributed by atoms with E-state index in [4.69, 9.17) is 9.47 Å². The van der Waals surface area contributed by atoms with Gasteiger partial charge in [-0.25, -0.2) is 9.82 Å². The molecule has 0 aliphatic rings. The van der Waals surface area contributed by atoms with Gasteiger partial charge in [0.25, 0.3) is 5.91 Å². The van der Waals surface area contributed by atoms with Gasteiger partial charge >= 0.3 is 6.61 Å². The highest BCUT2D eigenvalue weighted by Gasteiger charge is 2.11. The summed E-state index contributed by atoms with van der Waals surface area (Å²) >= 11 is 0. The molecule has 0 saturated carbocycles. The first-order valence-corrected chi connectivity index (χ1v) is 7.90. The maximum Gasteiger partial charge on any atom is 0.387 e. The van der Waals surface area contributed by atoms with Gasteiger partial charge in [-0.3, -0.25) is 4.79 Å². The standard InChI is InChI=1S/C18H17F3N2O4/c1-2-25-16-9-12(7-8-15(16)27-18(20)21)10-22-23-17(24)11-26-14-6-4-3-5-13(14)19/h3-10,18H,2,11H2,1H3,(H,23,24)/b22-10-. The lowest BCUT2D eigenvalue weighted by Crippen LogP contribution is -2.24. The molecule has 0 saturated heterocycles. The Morgan fingerprint density at radius 3 is 2.63 bits per heavy atom. The molecule has 0 radical (unpaired) electrons. The number of amides is 1. The smallest absolute Gasteiger partial charge is 0.387 e. The molecular weight excluding hydrogens is 365 g/mol. The molecule has 2 rings (SSSR count). The van der Waals surface area contributed by atoms with E-state index in [0.717, 1.165) is 0 Å². The second-order valence-electron chi connectivity index (χ2n) is 5.03. The van der Waals surface area contributed by atoms with Crippen molar-refractivity contribution in [3.63, 3.8) is 0 Å². The lowest BCUT2D eigenvalue weighted by Gasteiger charge is -2.11. The predicted octanol–water partition coefficient (Wildman–Crippen LogP) is 3.35. The van der Waals surface area contributed by atoms with Crippen LogP contribution in [0.2, 0.25) is 0 Å². The number of para-hydroxylation sites is 1. The normalized spacial score (nSPS) is 10.9. The highest BCUT2D eigenvalue weighted by atomic mass is 19.3. The molecule has 0 heterocycles. The number of hydrazone groups is 1. The fraction of sp³-hybridized carbons (Fsp3) is 0.222.